The van der Waals surface area contributed by atoms with Gasteiger partial charge in [0.1, 0.15) is 0 Å². The average molecular weight is 350 g/mol. The van der Waals surface area contributed by atoms with Crippen LogP contribution in [0.5, 0.6) is 0 Å². The van der Waals surface area contributed by atoms with Crippen molar-refractivity contribution in [3.05, 3.63) is 59.2 Å². The average Bonchev–Trinajstić information content (AvgIpc) is 3.02. The molecule has 4 heteroatoms. The summed E-state index contributed by atoms with van der Waals surface area (Å²) in [5.74, 6) is 0.391. The number of aromatic nitrogens is 1. The van der Waals surface area contributed by atoms with Crippen molar-refractivity contribution in [3.8, 4) is 0 Å². The molecule has 0 radical (unpaired) electrons. The van der Waals surface area contributed by atoms with Crippen molar-refractivity contribution in [1.82, 2.24) is 4.98 Å². The fourth-order valence-electron chi connectivity index (χ4n) is 3.24. The molecule has 0 N–H and O–H groups in total. The van der Waals surface area contributed by atoms with Crippen LogP contribution in [0.25, 0.3) is 10.2 Å². The van der Waals surface area contributed by atoms with Gasteiger partial charge >= 0.3 is 0 Å². The molecular weight excluding hydrogens is 328 g/mol. The van der Waals surface area contributed by atoms with Crippen molar-refractivity contribution in [1.29, 1.82) is 0 Å². The Balaban J connectivity index is 1.75. The maximum Gasteiger partial charge on any atom is 0.232 e. The van der Waals surface area contributed by atoms with Gasteiger partial charge in [0.25, 0.3) is 0 Å². The predicted molar refractivity (Wildman–Crippen MR) is 104 cm³/mol. The van der Waals surface area contributed by atoms with E-state index in [4.69, 9.17) is 4.98 Å². The Morgan fingerprint density at radius 3 is 2.48 bits per heavy atom. The number of thiazole rings is 1. The van der Waals surface area contributed by atoms with E-state index in [0.717, 1.165) is 35.5 Å². The summed E-state index contributed by atoms with van der Waals surface area (Å²) in [5, 5.41) is 0.827. The first-order chi connectivity index (χ1) is 12.1. The van der Waals surface area contributed by atoms with Crippen molar-refractivity contribution in [2.45, 2.75) is 39.7 Å². The standard InChI is InChI=1S/C21H22N2OS/c1-14-11-12-15(2)19-18(14)22-21(25-19)23(20(24)17-9-6-10-17)13-16-7-4-3-5-8-16/h3-5,7-8,11-12,17H,6,9-10,13H2,1-2H3. The number of fused-ring (bicyclic) bond motifs is 1. The number of hydrogen-bond acceptors (Lipinski definition) is 3. The highest BCUT2D eigenvalue weighted by molar-refractivity contribution is 7.22. The molecule has 1 saturated carbocycles. The monoisotopic (exact) mass is 350 g/mol. The van der Waals surface area contributed by atoms with Gasteiger partial charge in [0.15, 0.2) is 5.13 Å². The van der Waals surface area contributed by atoms with E-state index in [-0.39, 0.29) is 11.8 Å². The Morgan fingerprint density at radius 2 is 1.84 bits per heavy atom. The molecule has 3 nitrogen and oxygen atoms in total. The smallest absolute Gasteiger partial charge is 0.232 e. The summed E-state index contributed by atoms with van der Waals surface area (Å²) in [7, 11) is 0. The third kappa shape index (κ3) is 3.07. The highest BCUT2D eigenvalue weighted by Gasteiger charge is 2.31. The van der Waals surface area contributed by atoms with Crippen LogP contribution in [0.4, 0.5) is 5.13 Å². The number of rotatable bonds is 4. The maximum absolute atomic E-state index is 13.1. The fraction of sp³-hybridized carbons (Fsp3) is 0.333. The van der Waals surface area contributed by atoms with Crippen LogP contribution in [0.3, 0.4) is 0 Å². The number of nitrogens with zero attached hydrogens (tertiary/aromatic N) is 2. The van der Waals surface area contributed by atoms with E-state index in [1.165, 1.54) is 15.8 Å². The summed E-state index contributed by atoms with van der Waals surface area (Å²) in [6, 6.07) is 14.4. The minimum atomic E-state index is 0.165. The highest BCUT2D eigenvalue weighted by Crippen LogP contribution is 2.36. The maximum atomic E-state index is 13.1. The summed E-state index contributed by atoms with van der Waals surface area (Å²) in [6.07, 6.45) is 3.17. The zero-order valence-corrected chi connectivity index (χ0v) is 15.5. The molecule has 1 fully saturated rings. The molecule has 1 aromatic heterocycles. The number of anilines is 1. The zero-order valence-electron chi connectivity index (χ0n) is 14.7. The summed E-state index contributed by atoms with van der Waals surface area (Å²) < 4.78 is 1.19. The minimum Gasteiger partial charge on any atom is -0.283 e. The van der Waals surface area contributed by atoms with E-state index in [1.807, 2.05) is 23.1 Å². The second-order valence-corrected chi connectivity index (χ2v) is 7.89. The summed E-state index contributed by atoms with van der Waals surface area (Å²) >= 11 is 1.64. The van der Waals surface area contributed by atoms with Crippen molar-refractivity contribution in [2.24, 2.45) is 5.92 Å². The lowest BCUT2D eigenvalue weighted by atomic mass is 9.84. The van der Waals surface area contributed by atoms with E-state index >= 15 is 0 Å². The molecule has 128 valence electrons. The van der Waals surface area contributed by atoms with Crippen LogP contribution in [0.2, 0.25) is 0 Å². The second kappa shape index (κ2) is 6.60. The molecule has 1 aliphatic rings. The Labute approximate surface area is 152 Å². The van der Waals surface area contributed by atoms with Crippen LogP contribution in [-0.2, 0) is 11.3 Å². The molecule has 1 amide bonds. The van der Waals surface area contributed by atoms with Gasteiger partial charge in [-0.3, -0.25) is 9.69 Å². The van der Waals surface area contributed by atoms with Gasteiger partial charge in [-0.1, -0.05) is 60.2 Å². The highest BCUT2D eigenvalue weighted by atomic mass is 32.1. The van der Waals surface area contributed by atoms with Crippen LogP contribution in [0, 0.1) is 19.8 Å². The molecular formula is C21H22N2OS. The molecule has 0 aliphatic heterocycles. The van der Waals surface area contributed by atoms with Crippen LogP contribution in [-0.4, -0.2) is 10.9 Å². The van der Waals surface area contributed by atoms with Crippen molar-refractivity contribution in [2.75, 3.05) is 4.90 Å². The van der Waals surface area contributed by atoms with Crippen LogP contribution in [0.15, 0.2) is 42.5 Å². The van der Waals surface area contributed by atoms with Gasteiger partial charge in [-0.25, -0.2) is 4.98 Å². The van der Waals surface area contributed by atoms with Gasteiger partial charge in [-0.2, -0.15) is 0 Å². The number of carbonyl (C=O) groups is 1. The Kier molecular flexibility index (Phi) is 4.30. The Bertz CT molecular complexity index is 873. The van der Waals surface area contributed by atoms with Gasteiger partial charge in [0.2, 0.25) is 5.91 Å². The zero-order chi connectivity index (χ0) is 17.4. The molecule has 0 unspecified atom stereocenters. The molecule has 4 rings (SSSR count). The lowest BCUT2D eigenvalue weighted by molar-refractivity contribution is -0.124. The lowest BCUT2D eigenvalue weighted by Gasteiger charge is -2.30. The minimum absolute atomic E-state index is 0.165. The quantitative estimate of drug-likeness (QED) is 0.644. The number of amides is 1. The summed E-state index contributed by atoms with van der Waals surface area (Å²) in [6.45, 7) is 4.79. The lowest BCUT2D eigenvalue weighted by Crippen LogP contribution is -2.38. The summed E-state index contributed by atoms with van der Waals surface area (Å²) in [5.41, 5.74) is 4.56. The predicted octanol–water partition coefficient (Wildman–Crippen LogP) is 5.25. The first-order valence-corrected chi connectivity index (χ1v) is 9.67. The molecule has 1 aliphatic carbocycles. The van der Waals surface area contributed by atoms with E-state index in [1.54, 1.807) is 11.3 Å². The number of aryl methyl sites for hydroxylation is 2. The molecule has 0 saturated heterocycles. The number of benzene rings is 2. The van der Waals surface area contributed by atoms with Crippen LogP contribution in [0.1, 0.15) is 36.0 Å². The normalized spacial score (nSPS) is 14.5. The van der Waals surface area contributed by atoms with Gasteiger partial charge < -0.3 is 0 Å². The second-order valence-electron chi connectivity index (χ2n) is 6.91. The van der Waals surface area contributed by atoms with Gasteiger partial charge in [0, 0.05) is 5.92 Å². The van der Waals surface area contributed by atoms with Crippen molar-refractivity contribution in [3.63, 3.8) is 0 Å². The molecule has 0 atom stereocenters. The third-order valence-electron chi connectivity index (χ3n) is 5.07. The SMILES string of the molecule is Cc1ccc(C)c2sc(N(Cc3ccccc3)C(=O)C3CCC3)nc12. The molecule has 3 aromatic rings. The fourth-order valence-corrected chi connectivity index (χ4v) is 4.36. The first-order valence-electron chi connectivity index (χ1n) is 8.85. The molecule has 25 heavy (non-hydrogen) atoms. The number of carbonyl (C=O) groups excluding carboxylic acids is 1. The summed E-state index contributed by atoms with van der Waals surface area (Å²) in [4.78, 5) is 19.8. The first kappa shape index (κ1) is 16.3. The topological polar surface area (TPSA) is 33.2 Å². The van der Waals surface area contributed by atoms with Crippen LogP contribution < -0.4 is 4.90 Å². The van der Waals surface area contributed by atoms with E-state index < -0.39 is 0 Å². The van der Waals surface area contributed by atoms with Crippen LogP contribution >= 0.6 is 11.3 Å². The van der Waals surface area contributed by atoms with Gasteiger partial charge in [0.05, 0.1) is 16.8 Å². The van der Waals surface area contributed by atoms with E-state index in [0.29, 0.717) is 6.54 Å². The molecule has 0 bridgehead atoms. The van der Waals surface area contributed by atoms with Crippen molar-refractivity contribution >= 4 is 32.6 Å². The molecule has 1 heterocycles. The Morgan fingerprint density at radius 1 is 1.12 bits per heavy atom. The van der Waals surface area contributed by atoms with Gasteiger partial charge in [-0.05, 0) is 43.4 Å². The number of hydrogen-bond donors (Lipinski definition) is 0. The van der Waals surface area contributed by atoms with E-state index in [9.17, 15) is 4.79 Å². The van der Waals surface area contributed by atoms with E-state index in [2.05, 4.69) is 38.1 Å². The largest absolute Gasteiger partial charge is 0.283 e. The van der Waals surface area contributed by atoms with Gasteiger partial charge in [-0.15, -0.1) is 0 Å². The molecule has 2 aromatic carbocycles. The Hall–Kier alpha value is -2.20. The third-order valence-corrected chi connectivity index (χ3v) is 6.28. The van der Waals surface area contributed by atoms with Crippen molar-refractivity contribution < 1.29 is 4.79 Å². The molecule has 0 spiro atoms.